The molecule has 0 saturated heterocycles. The lowest BCUT2D eigenvalue weighted by molar-refractivity contribution is 0.387. The number of hydrogen-bond acceptors (Lipinski definition) is 1. The van der Waals surface area contributed by atoms with Crippen molar-refractivity contribution < 1.29 is 4.39 Å². The molecule has 0 atom stereocenters. The third-order valence-electron chi connectivity index (χ3n) is 3.17. The minimum atomic E-state index is -0.178. The molecule has 15 heavy (non-hydrogen) atoms. The van der Waals surface area contributed by atoms with Gasteiger partial charge in [0, 0.05) is 11.1 Å². The Hall–Kier alpha value is -0.600. The van der Waals surface area contributed by atoms with Crippen LogP contribution in [0.15, 0.2) is 18.2 Å². The van der Waals surface area contributed by atoms with E-state index in [-0.39, 0.29) is 5.82 Å². The van der Waals surface area contributed by atoms with Crippen molar-refractivity contribution >= 4 is 11.6 Å². The van der Waals surface area contributed by atoms with Gasteiger partial charge in [-0.25, -0.2) is 4.39 Å². The highest BCUT2D eigenvalue weighted by Gasteiger charge is 2.22. The maximum atomic E-state index is 13.6. The molecule has 82 valence electrons. The van der Waals surface area contributed by atoms with Gasteiger partial charge in [0.05, 0.1) is 0 Å². The average molecular weight is 228 g/mol. The average Bonchev–Trinajstić information content (AvgIpc) is 2.20. The van der Waals surface area contributed by atoms with Crippen molar-refractivity contribution in [2.45, 2.75) is 37.6 Å². The van der Waals surface area contributed by atoms with Crippen molar-refractivity contribution in [2.75, 3.05) is 0 Å². The van der Waals surface area contributed by atoms with E-state index in [0.717, 1.165) is 31.2 Å². The number of halogens is 2. The van der Waals surface area contributed by atoms with Gasteiger partial charge < -0.3 is 5.73 Å². The van der Waals surface area contributed by atoms with Crippen molar-refractivity contribution in [1.29, 1.82) is 0 Å². The van der Waals surface area contributed by atoms with Gasteiger partial charge in [0.25, 0.3) is 0 Å². The van der Waals surface area contributed by atoms with Gasteiger partial charge in [0.15, 0.2) is 0 Å². The van der Waals surface area contributed by atoms with Crippen molar-refractivity contribution in [3.05, 3.63) is 34.6 Å². The summed E-state index contributed by atoms with van der Waals surface area (Å²) in [5.41, 5.74) is 6.62. The summed E-state index contributed by atoms with van der Waals surface area (Å²) >= 11 is 5.72. The van der Waals surface area contributed by atoms with E-state index in [0.29, 0.717) is 17.0 Å². The summed E-state index contributed by atoms with van der Waals surface area (Å²) < 4.78 is 13.6. The zero-order valence-electron chi connectivity index (χ0n) is 8.55. The summed E-state index contributed by atoms with van der Waals surface area (Å²) in [7, 11) is 0. The predicted molar refractivity (Wildman–Crippen MR) is 60.6 cm³/mol. The second kappa shape index (κ2) is 4.50. The van der Waals surface area contributed by atoms with Crippen LogP contribution < -0.4 is 5.73 Å². The van der Waals surface area contributed by atoms with Gasteiger partial charge >= 0.3 is 0 Å². The summed E-state index contributed by atoms with van der Waals surface area (Å²) in [6, 6.07) is 5.26. The standard InChI is InChI=1S/C12H15ClFN/c13-9-3-6-11(12(14)7-9)8-1-4-10(15)5-2-8/h3,6-8,10H,1-2,4-5,15H2. The molecule has 0 aliphatic heterocycles. The van der Waals surface area contributed by atoms with E-state index in [9.17, 15) is 4.39 Å². The van der Waals surface area contributed by atoms with E-state index in [2.05, 4.69) is 0 Å². The van der Waals surface area contributed by atoms with Crippen molar-refractivity contribution in [3.63, 3.8) is 0 Å². The lowest BCUT2D eigenvalue weighted by Gasteiger charge is -2.26. The summed E-state index contributed by atoms with van der Waals surface area (Å²) in [5.74, 6) is 0.144. The van der Waals surface area contributed by atoms with Gasteiger partial charge in [-0.15, -0.1) is 0 Å². The highest BCUT2D eigenvalue weighted by molar-refractivity contribution is 6.30. The van der Waals surface area contributed by atoms with Crippen LogP contribution in [0.1, 0.15) is 37.2 Å². The Labute approximate surface area is 94.4 Å². The molecule has 1 fully saturated rings. The Bertz CT molecular complexity index is 345. The van der Waals surface area contributed by atoms with Crippen LogP contribution in [0.5, 0.6) is 0 Å². The first-order valence-corrected chi connectivity index (χ1v) is 5.75. The van der Waals surface area contributed by atoms with Gasteiger partial charge in [0.2, 0.25) is 0 Å². The third-order valence-corrected chi connectivity index (χ3v) is 3.41. The molecule has 1 aliphatic rings. The van der Waals surface area contributed by atoms with Crippen LogP contribution in [-0.4, -0.2) is 6.04 Å². The largest absolute Gasteiger partial charge is 0.328 e. The van der Waals surface area contributed by atoms with Gasteiger partial charge in [-0.1, -0.05) is 17.7 Å². The van der Waals surface area contributed by atoms with Gasteiger partial charge in [-0.05, 0) is 49.3 Å². The molecule has 0 amide bonds. The number of rotatable bonds is 1. The molecule has 0 spiro atoms. The van der Waals surface area contributed by atoms with Crippen LogP contribution in [0.4, 0.5) is 4.39 Å². The van der Waals surface area contributed by atoms with Crippen LogP contribution in [0, 0.1) is 5.82 Å². The molecule has 0 aromatic heterocycles. The number of nitrogens with two attached hydrogens (primary N) is 1. The van der Waals surface area contributed by atoms with Crippen molar-refractivity contribution in [1.82, 2.24) is 0 Å². The topological polar surface area (TPSA) is 26.0 Å². The Morgan fingerprint density at radius 2 is 1.87 bits per heavy atom. The molecule has 0 radical (unpaired) electrons. The monoisotopic (exact) mass is 227 g/mol. The lowest BCUT2D eigenvalue weighted by Crippen LogP contribution is -2.26. The molecular formula is C12H15ClFN. The molecule has 1 aromatic carbocycles. The lowest BCUT2D eigenvalue weighted by atomic mass is 9.82. The molecule has 1 nitrogen and oxygen atoms in total. The Balaban J connectivity index is 2.15. The van der Waals surface area contributed by atoms with Crippen molar-refractivity contribution in [2.24, 2.45) is 5.73 Å². The molecule has 2 rings (SSSR count). The SMILES string of the molecule is NC1CCC(c2ccc(Cl)cc2F)CC1. The smallest absolute Gasteiger partial charge is 0.128 e. The predicted octanol–water partition coefficient (Wildman–Crippen LogP) is 3.46. The van der Waals surface area contributed by atoms with Gasteiger partial charge in [-0.3, -0.25) is 0 Å². The van der Waals surface area contributed by atoms with Crippen LogP contribution in [0.2, 0.25) is 5.02 Å². The zero-order valence-corrected chi connectivity index (χ0v) is 9.30. The molecule has 1 aliphatic carbocycles. The maximum absolute atomic E-state index is 13.6. The second-order valence-electron chi connectivity index (χ2n) is 4.28. The first-order chi connectivity index (χ1) is 7.16. The summed E-state index contributed by atoms with van der Waals surface area (Å²) in [6.07, 6.45) is 3.96. The minimum absolute atomic E-state index is 0.178. The molecule has 3 heteroatoms. The quantitative estimate of drug-likeness (QED) is 0.781. The fraction of sp³-hybridized carbons (Fsp3) is 0.500. The van der Waals surface area contributed by atoms with Crippen LogP contribution in [-0.2, 0) is 0 Å². The summed E-state index contributed by atoms with van der Waals surface area (Å²) in [5, 5.41) is 0.462. The second-order valence-corrected chi connectivity index (χ2v) is 4.71. The Kier molecular flexibility index (Phi) is 3.27. The molecule has 0 bridgehead atoms. The third kappa shape index (κ3) is 2.50. The van der Waals surface area contributed by atoms with Crippen LogP contribution in [0.3, 0.4) is 0 Å². The minimum Gasteiger partial charge on any atom is -0.328 e. The first-order valence-electron chi connectivity index (χ1n) is 5.37. The van der Waals surface area contributed by atoms with E-state index in [1.54, 1.807) is 12.1 Å². The first kappa shape index (κ1) is 10.9. The Morgan fingerprint density at radius 1 is 1.20 bits per heavy atom. The van der Waals surface area contributed by atoms with Gasteiger partial charge in [0.1, 0.15) is 5.82 Å². The Morgan fingerprint density at radius 3 is 2.47 bits per heavy atom. The number of benzene rings is 1. The molecular weight excluding hydrogens is 213 g/mol. The fourth-order valence-electron chi connectivity index (χ4n) is 2.26. The highest BCUT2D eigenvalue weighted by atomic mass is 35.5. The fourth-order valence-corrected chi connectivity index (χ4v) is 2.42. The molecule has 0 heterocycles. The molecule has 1 saturated carbocycles. The normalized spacial score (nSPS) is 26.6. The summed E-state index contributed by atoms with van der Waals surface area (Å²) in [6.45, 7) is 0. The van der Waals surface area contributed by atoms with E-state index >= 15 is 0 Å². The highest BCUT2D eigenvalue weighted by Crippen LogP contribution is 2.34. The van der Waals surface area contributed by atoms with E-state index in [1.807, 2.05) is 0 Å². The summed E-state index contributed by atoms with van der Waals surface area (Å²) in [4.78, 5) is 0. The number of hydrogen-bond donors (Lipinski definition) is 1. The van der Waals surface area contributed by atoms with Gasteiger partial charge in [-0.2, -0.15) is 0 Å². The van der Waals surface area contributed by atoms with Crippen LogP contribution in [0.25, 0.3) is 0 Å². The zero-order chi connectivity index (χ0) is 10.8. The van der Waals surface area contributed by atoms with Crippen LogP contribution >= 0.6 is 11.6 Å². The molecule has 2 N–H and O–H groups in total. The van der Waals surface area contributed by atoms with Crippen molar-refractivity contribution in [3.8, 4) is 0 Å². The maximum Gasteiger partial charge on any atom is 0.128 e. The molecule has 1 aromatic rings. The van der Waals surface area contributed by atoms with E-state index < -0.39 is 0 Å². The van der Waals surface area contributed by atoms with E-state index in [4.69, 9.17) is 17.3 Å². The molecule has 0 unspecified atom stereocenters. The van der Waals surface area contributed by atoms with E-state index in [1.165, 1.54) is 6.07 Å².